The first-order valence-corrected chi connectivity index (χ1v) is 15.4. The number of nitrogens with one attached hydrogen (secondary N) is 3. The predicted molar refractivity (Wildman–Crippen MR) is 175 cm³/mol. The first-order valence-electron chi connectivity index (χ1n) is 15.4. The van der Waals surface area contributed by atoms with Gasteiger partial charge in [0.05, 0.1) is 31.0 Å². The summed E-state index contributed by atoms with van der Waals surface area (Å²) in [6.07, 6.45) is 2.26. The van der Waals surface area contributed by atoms with Crippen molar-refractivity contribution < 1.29 is 32.0 Å². The minimum absolute atomic E-state index is 0.0755. The fourth-order valence-electron chi connectivity index (χ4n) is 5.94. The summed E-state index contributed by atoms with van der Waals surface area (Å²) in [5, 5.41) is 13.0. The fourth-order valence-corrected chi connectivity index (χ4v) is 5.94. The molecule has 254 valence electrons. The van der Waals surface area contributed by atoms with Crippen molar-refractivity contribution in [1.29, 1.82) is 0 Å². The molecule has 7 rings (SSSR count). The van der Waals surface area contributed by atoms with Crippen LogP contribution in [0.4, 0.5) is 35.3 Å². The number of alkyl halides is 3. The van der Waals surface area contributed by atoms with Gasteiger partial charge in [-0.1, -0.05) is 5.16 Å². The lowest BCUT2D eigenvalue weighted by atomic mass is 10.0. The number of rotatable bonds is 10. The largest absolute Gasteiger partial charge is 0.497 e. The van der Waals surface area contributed by atoms with Crippen LogP contribution in [0.25, 0.3) is 27.9 Å². The molecule has 0 unspecified atom stereocenters. The van der Waals surface area contributed by atoms with Gasteiger partial charge in [0.2, 0.25) is 0 Å². The number of halogens is 3. The Kier molecular flexibility index (Phi) is 7.80. The minimum Gasteiger partial charge on any atom is -0.497 e. The lowest BCUT2D eigenvalue weighted by Crippen LogP contribution is -2.28. The maximum absolute atomic E-state index is 13.5. The molecule has 1 saturated carbocycles. The number of benzene rings is 1. The molecule has 13 nitrogen and oxygen atoms in total. The van der Waals surface area contributed by atoms with Gasteiger partial charge in [-0.2, -0.15) is 13.2 Å². The predicted octanol–water partition coefficient (Wildman–Crippen LogP) is 7.18. The average molecular weight is 676 g/mol. The van der Waals surface area contributed by atoms with Crippen LogP contribution in [0, 0.1) is 0 Å². The number of imidazole rings is 1. The van der Waals surface area contributed by atoms with Crippen LogP contribution in [0.5, 0.6) is 11.5 Å². The van der Waals surface area contributed by atoms with Crippen molar-refractivity contribution in [2.75, 3.05) is 30.2 Å². The molecule has 0 aliphatic heterocycles. The molecule has 0 atom stereocenters. The van der Waals surface area contributed by atoms with E-state index in [2.05, 4.69) is 54.5 Å². The van der Waals surface area contributed by atoms with Crippen molar-refractivity contribution in [3.8, 4) is 22.8 Å². The highest BCUT2D eigenvalue weighted by molar-refractivity contribution is 6.03. The molecule has 1 aliphatic carbocycles. The number of carbonyl (C=O) groups is 1. The van der Waals surface area contributed by atoms with Crippen molar-refractivity contribution in [3.05, 3.63) is 72.6 Å². The van der Waals surface area contributed by atoms with Crippen molar-refractivity contribution in [3.63, 3.8) is 0 Å². The van der Waals surface area contributed by atoms with Gasteiger partial charge in [0.15, 0.2) is 17.2 Å². The Labute approximate surface area is 277 Å². The van der Waals surface area contributed by atoms with Crippen molar-refractivity contribution in [2.45, 2.75) is 50.9 Å². The monoisotopic (exact) mass is 675 g/mol. The maximum Gasteiger partial charge on any atom is 0.401 e. The highest BCUT2D eigenvalue weighted by atomic mass is 19.4. The standard InChI is InChI=1S/C33H32F3N9O4/c1-18(2)45-16-21(27-28(39-17-40-30(27)45)38-15-19-5-6-20(47-3)13-24(19)48-4)23-8-7-22(29-37-11-12-44(23)29)41-31(46)42-26-14-25(49-43-26)32(9-10-32)33(34,35)36/h5-8,11-14,16-18H,9-10,15H2,1-4H3,(H,38,39,40)(H2,41,42,43,46). The summed E-state index contributed by atoms with van der Waals surface area (Å²) in [5.41, 5.74) is 1.95. The van der Waals surface area contributed by atoms with E-state index in [4.69, 9.17) is 14.0 Å². The number of hydrogen-bond donors (Lipinski definition) is 3. The molecule has 3 N–H and O–H groups in total. The van der Waals surface area contributed by atoms with Crippen LogP contribution >= 0.6 is 0 Å². The van der Waals surface area contributed by atoms with E-state index in [-0.39, 0.29) is 30.5 Å². The molecule has 1 fully saturated rings. The van der Waals surface area contributed by atoms with E-state index in [1.165, 1.54) is 6.33 Å². The highest BCUT2D eigenvalue weighted by Crippen LogP contribution is 2.59. The van der Waals surface area contributed by atoms with E-state index in [1.54, 1.807) is 32.7 Å². The van der Waals surface area contributed by atoms with E-state index in [0.29, 0.717) is 35.2 Å². The third-order valence-electron chi connectivity index (χ3n) is 8.70. The van der Waals surface area contributed by atoms with Gasteiger partial charge in [-0.05, 0) is 51.0 Å². The van der Waals surface area contributed by atoms with Crippen LogP contribution in [0.1, 0.15) is 44.1 Å². The summed E-state index contributed by atoms with van der Waals surface area (Å²) < 4.78 is 60.3. The molecule has 1 aromatic carbocycles. The van der Waals surface area contributed by atoms with E-state index in [9.17, 15) is 18.0 Å². The van der Waals surface area contributed by atoms with Crippen molar-refractivity contribution in [2.24, 2.45) is 0 Å². The van der Waals surface area contributed by atoms with Crippen LogP contribution < -0.4 is 25.4 Å². The normalized spacial score (nSPS) is 14.0. The topological polar surface area (TPSA) is 146 Å². The number of hydrogen-bond acceptors (Lipinski definition) is 9. The maximum atomic E-state index is 13.5. The molecule has 5 heterocycles. The van der Waals surface area contributed by atoms with E-state index in [1.807, 2.05) is 34.9 Å². The molecular formula is C33H32F3N9O4. The Hall–Kier alpha value is -5.80. The number of pyridine rings is 1. The van der Waals surface area contributed by atoms with Gasteiger partial charge in [0, 0.05) is 54.4 Å². The third-order valence-corrected chi connectivity index (χ3v) is 8.70. The Morgan fingerprint density at radius 1 is 1.04 bits per heavy atom. The number of methoxy groups -OCH3 is 2. The molecule has 49 heavy (non-hydrogen) atoms. The lowest BCUT2D eigenvalue weighted by molar-refractivity contribution is -0.165. The Balaban J connectivity index is 1.19. The zero-order chi connectivity index (χ0) is 34.5. The summed E-state index contributed by atoms with van der Waals surface area (Å²) >= 11 is 0. The van der Waals surface area contributed by atoms with Gasteiger partial charge in [0.1, 0.15) is 34.7 Å². The summed E-state index contributed by atoms with van der Waals surface area (Å²) in [4.78, 5) is 26.6. The van der Waals surface area contributed by atoms with Gasteiger partial charge in [-0.15, -0.1) is 0 Å². The smallest absolute Gasteiger partial charge is 0.401 e. The number of ether oxygens (including phenoxy) is 2. The highest BCUT2D eigenvalue weighted by Gasteiger charge is 2.67. The molecular weight excluding hydrogens is 643 g/mol. The van der Waals surface area contributed by atoms with Gasteiger partial charge >= 0.3 is 12.2 Å². The van der Waals surface area contributed by atoms with Gasteiger partial charge in [0.25, 0.3) is 0 Å². The number of carbonyl (C=O) groups excluding carboxylic acids is 1. The molecule has 0 bridgehead atoms. The zero-order valence-electron chi connectivity index (χ0n) is 26.9. The average Bonchev–Trinajstić information content (AvgIpc) is 3.37. The minimum atomic E-state index is -4.46. The van der Waals surface area contributed by atoms with E-state index in [0.717, 1.165) is 33.9 Å². The molecule has 2 amide bonds. The Morgan fingerprint density at radius 3 is 2.57 bits per heavy atom. The van der Waals surface area contributed by atoms with Gasteiger partial charge in [-0.25, -0.2) is 19.7 Å². The third kappa shape index (κ3) is 5.62. The van der Waals surface area contributed by atoms with Crippen LogP contribution in [-0.2, 0) is 12.0 Å². The number of aromatic nitrogens is 6. The van der Waals surface area contributed by atoms with Crippen molar-refractivity contribution in [1.82, 2.24) is 29.1 Å². The number of urea groups is 1. The molecule has 5 aromatic heterocycles. The quantitative estimate of drug-likeness (QED) is 0.137. The summed E-state index contributed by atoms with van der Waals surface area (Å²) in [6.45, 7) is 4.53. The number of fused-ring (bicyclic) bond motifs is 2. The molecule has 1 aliphatic rings. The van der Waals surface area contributed by atoms with Crippen LogP contribution in [-0.4, -0.2) is 55.5 Å². The Bertz CT molecular complexity index is 2180. The lowest BCUT2D eigenvalue weighted by Gasteiger charge is -2.15. The SMILES string of the molecule is COc1ccc(CNc2ncnc3c2c(-c2ccc(NC(=O)Nc4cc(C5(C(F)(F)F)CC5)on4)c4nccn24)cn3C(C)C)c(OC)c1. The van der Waals surface area contributed by atoms with Gasteiger partial charge < -0.3 is 29.2 Å². The number of amides is 2. The summed E-state index contributed by atoms with van der Waals surface area (Å²) in [7, 11) is 3.20. The van der Waals surface area contributed by atoms with Crippen LogP contribution in [0.2, 0.25) is 0 Å². The molecule has 0 saturated heterocycles. The van der Waals surface area contributed by atoms with Crippen LogP contribution in [0.15, 0.2) is 65.8 Å². The van der Waals surface area contributed by atoms with Crippen molar-refractivity contribution >= 4 is 40.0 Å². The second-order valence-electron chi connectivity index (χ2n) is 12.0. The molecule has 0 radical (unpaired) electrons. The fraction of sp³-hybridized carbons (Fsp3) is 0.303. The second kappa shape index (κ2) is 12.0. The molecule has 0 spiro atoms. The molecule has 16 heteroatoms. The second-order valence-corrected chi connectivity index (χ2v) is 12.0. The molecule has 6 aromatic rings. The van der Waals surface area contributed by atoms with Gasteiger partial charge in [-0.3, -0.25) is 9.72 Å². The number of nitrogens with zero attached hydrogens (tertiary/aromatic N) is 6. The summed E-state index contributed by atoms with van der Waals surface area (Å²) in [5.74, 6) is 1.50. The first kappa shape index (κ1) is 31.8. The number of anilines is 3. The first-order chi connectivity index (χ1) is 23.5. The Morgan fingerprint density at radius 2 is 1.86 bits per heavy atom. The summed E-state index contributed by atoms with van der Waals surface area (Å²) in [6, 6.07) is 9.60. The van der Waals surface area contributed by atoms with Crippen LogP contribution in [0.3, 0.4) is 0 Å². The van der Waals surface area contributed by atoms with E-state index >= 15 is 0 Å². The zero-order valence-corrected chi connectivity index (χ0v) is 26.9. The van der Waals surface area contributed by atoms with E-state index < -0.39 is 17.6 Å².